The van der Waals surface area contributed by atoms with Gasteiger partial charge in [0.25, 0.3) is 0 Å². The molecule has 2 aromatic heterocycles. The number of fused-ring (bicyclic) bond motifs is 9. The lowest BCUT2D eigenvalue weighted by atomic mass is 9.90. The molecule has 0 saturated heterocycles. The minimum Gasteiger partial charge on any atom is -0.456 e. The molecular weight excluding hydrogens is 669 g/mol. The Labute approximate surface area is 317 Å². The predicted octanol–water partition coefficient (Wildman–Crippen LogP) is 14.1. The number of hydrogen-bond donors (Lipinski definition) is 0. The summed E-state index contributed by atoms with van der Waals surface area (Å²) >= 11 is 0. The van der Waals surface area contributed by atoms with Gasteiger partial charge in [-0.3, -0.25) is 0 Å². The second kappa shape index (κ2) is 11.6. The molecule has 12 rings (SSSR count). The number of para-hydroxylation sites is 3. The maximum atomic E-state index is 6.82. The normalized spacial score (nSPS) is 12.1. The molecule has 0 amide bonds. The van der Waals surface area contributed by atoms with Crippen molar-refractivity contribution in [2.24, 2.45) is 0 Å². The third-order valence-electron chi connectivity index (χ3n) is 11.5. The molecule has 11 aromatic rings. The van der Waals surface area contributed by atoms with Gasteiger partial charge in [-0.05, 0) is 106 Å². The lowest BCUT2D eigenvalue weighted by molar-refractivity contribution is 0.487. The highest BCUT2D eigenvalue weighted by atomic mass is 16.5. The molecule has 0 saturated carbocycles. The van der Waals surface area contributed by atoms with E-state index in [0.717, 1.165) is 45.0 Å². The van der Waals surface area contributed by atoms with Gasteiger partial charge < -0.3 is 13.9 Å². The maximum absolute atomic E-state index is 6.82. The Hall–Kier alpha value is -7.36. The fraction of sp³-hybridized carbons (Fsp3) is 0. The lowest BCUT2D eigenvalue weighted by Crippen LogP contribution is -1.99. The third kappa shape index (κ3) is 4.44. The number of rotatable bonds is 4. The summed E-state index contributed by atoms with van der Waals surface area (Å²) in [5.74, 6) is 1.76. The lowest BCUT2D eigenvalue weighted by Gasteiger charge is -2.23. The van der Waals surface area contributed by atoms with Crippen LogP contribution in [0.2, 0.25) is 0 Å². The molecule has 55 heavy (non-hydrogen) atoms. The average Bonchev–Trinajstić information content (AvgIpc) is 3.77. The molecule has 1 aliphatic rings. The van der Waals surface area contributed by atoms with Crippen molar-refractivity contribution >= 4 is 54.4 Å². The van der Waals surface area contributed by atoms with Crippen LogP contribution >= 0.6 is 0 Å². The van der Waals surface area contributed by atoms with Crippen molar-refractivity contribution < 1.29 is 4.74 Å². The molecule has 3 nitrogen and oxygen atoms in total. The van der Waals surface area contributed by atoms with Gasteiger partial charge in [0.1, 0.15) is 11.5 Å². The Morgan fingerprint density at radius 2 is 0.891 bits per heavy atom. The number of nitrogens with zero attached hydrogens (tertiary/aromatic N) is 2. The van der Waals surface area contributed by atoms with Gasteiger partial charge >= 0.3 is 0 Å². The largest absolute Gasteiger partial charge is 0.456 e. The number of ether oxygens (including phenoxy) is 1. The number of aromatic nitrogens is 2. The molecule has 0 fully saturated rings. The standard InChI is InChI=1S/C52H32N2O/c1-3-13-33(14-4-1)35-26-28-47-43(30-35)39-19-7-9-22-45(39)54(47)38-18-11-15-34(29-38)36-25-27-40-44-32-48-51(42-21-12-24-49(52(42)44)55-50(40)31-36)41-20-8-10-23-46(41)53(48)37-16-5-2-6-17-37/h1-32H. The molecule has 0 atom stereocenters. The third-order valence-corrected chi connectivity index (χ3v) is 11.5. The maximum Gasteiger partial charge on any atom is 0.135 e. The molecule has 256 valence electrons. The fourth-order valence-corrected chi connectivity index (χ4v) is 9.07. The average molecular weight is 701 g/mol. The highest BCUT2D eigenvalue weighted by molar-refractivity contribution is 6.26. The topological polar surface area (TPSA) is 19.1 Å². The quantitative estimate of drug-likeness (QED) is 0.179. The van der Waals surface area contributed by atoms with E-state index in [1.807, 2.05) is 0 Å². The van der Waals surface area contributed by atoms with Crippen LogP contribution in [0.5, 0.6) is 11.5 Å². The van der Waals surface area contributed by atoms with Crippen LogP contribution in [0.25, 0.3) is 99.1 Å². The smallest absolute Gasteiger partial charge is 0.135 e. The molecule has 3 heteroatoms. The van der Waals surface area contributed by atoms with Gasteiger partial charge in [0.2, 0.25) is 0 Å². The first-order valence-electron chi connectivity index (χ1n) is 18.8. The molecule has 0 aliphatic carbocycles. The Balaban J connectivity index is 1.01. The second-order valence-corrected chi connectivity index (χ2v) is 14.5. The minimum atomic E-state index is 0.870. The zero-order valence-corrected chi connectivity index (χ0v) is 29.8. The number of hydrogen-bond acceptors (Lipinski definition) is 1. The van der Waals surface area contributed by atoms with Crippen molar-refractivity contribution in [1.82, 2.24) is 9.13 Å². The van der Waals surface area contributed by atoms with Crippen molar-refractivity contribution in [3.8, 4) is 56.3 Å². The predicted molar refractivity (Wildman–Crippen MR) is 229 cm³/mol. The highest BCUT2D eigenvalue weighted by Crippen LogP contribution is 2.51. The summed E-state index contributed by atoms with van der Waals surface area (Å²) in [5, 5.41) is 7.36. The molecule has 0 bridgehead atoms. The van der Waals surface area contributed by atoms with Crippen molar-refractivity contribution in [3.05, 3.63) is 194 Å². The summed E-state index contributed by atoms with van der Waals surface area (Å²) in [7, 11) is 0. The van der Waals surface area contributed by atoms with Crippen LogP contribution in [-0.2, 0) is 0 Å². The fourth-order valence-electron chi connectivity index (χ4n) is 9.07. The van der Waals surface area contributed by atoms with E-state index in [1.165, 1.54) is 65.7 Å². The van der Waals surface area contributed by atoms with Gasteiger partial charge in [0, 0.05) is 43.9 Å². The summed E-state index contributed by atoms with van der Waals surface area (Å²) in [6.45, 7) is 0. The Kier molecular flexibility index (Phi) is 6.34. The van der Waals surface area contributed by atoms with Gasteiger partial charge in [0.05, 0.1) is 22.1 Å². The van der Waals surface area contributed by atoms with E-state index >= 15 is 0 Å². The van der Waals surface area contributed by atoms with Crippen molar-refractivity contribution in [1.29, 1.82) is 0 Å². The first kappa shape index (κ1) is 30.1. The first-order chi connectivity index (χ1) is 27.3. The highest BCUT2D eigenvalue weighted by Gasteiger charge is 2.25. The molecule has 0 unspecified atom stereocenters. The van der Waals surface area contributed by atoms with E-state index < -0.39 is 0 Å². The molecular formula is C52H32N2O. The summed E-state index contributed by atoms with van der Waals surface area (Å²) < 4.78 is 11.6. The molecule has 0 N–H and O–H groups in total. The van der Waals surface area contributed by atoms with Crippen LogP contribution < -0.4 is 4.74 Å². The zero-order valence-electron chi connectivity index (χ0n) is 29.8. The van der Waals surface area contributed by atoms with E-state index in [2.05, 4.69) is 203 Å². The van der Waals surface area contributed by atoms with Crippen molar-refractivity contribution in [3.63, 3.8) is 0 Å². The zero-order chi connectivity index (χ0) is 36.0. The van der Waals surface area contributed by atoms with Crippen LogP contribution in [0.1, 0.15) is 0 Å². The van der Waals surface area contributed by atoms with E-state index in [0.29, 0.717) is 0 Å². The Morgan fingerprint density at radius 3 is 1.75 bits per heavy atom. The summed E-state index contributed by atoms with van der Waals surface area (Å²) in [6, 6.07) is 70.1. The summed E-state index contributed by atoms with van der Waals surface area (Å²) in [4.78, 5) is 0. The molecule has 9 aromatic carbocycles. The summed E-state index contributed by atoms with van der Waals surface area (Å²) in [5.41, 5.74) is 14.0. The van der Waals surface area contributed by atoms with Gasteiger partial charge in [-0.15, -0.1) is 0 Å². The van der Waals surface area contributed by atoms with E-state index in [4.69, 9.17) is 4.74 Å². The van der Waals surface area contributed by atoms with Crippen LogP contribution in [0.3, 0.4) is 0 Å². The van der Waals surface area contributed by atoms with Crippen molar-refractivity contribution in [2.45, 2.75) is 0 Å². The Morgan fingerprint density at radius 1 is 0.291 bits per heavy atom. The molecule has 0 radical (unpaired) electrons. The van der Waals surface area contributed by atoms with Crippen molar-refractivity contribution in [2.75, 3.05) is 0 Å². The van der Waals surface area contributed by atoms with Crippen LogP contribution in [-0.4, -0.2) is 9.13 Å². The minimum absolute atomic E-state index is 0.870. The van der Waals surface area contributed by atoms with E-state index in [1.54, 1.807) is 0 Å². The summed E-state index contributed by atoms with van der Waals surface area (Å²) in [6.07, 6.45) is 0. The van der Waals surface area contributed by atoms with Gasteiger partial charge in [-0.1, -0.05) is 121 Å². The van der Waals surface area contributed by atoms with Crippen LogP contribution in [0.15, 0.2) is 194 Å². The van der Waals surface area contributed by atoms with Crippen LogP contribution in [0, 0.1) is 0 Å². The van der Waals surface area contributed by atoms with Crippen LogP contribution in [0.4, 0.5) is 0 Å². The van der Waals surface area contributed by atoms with Gasteiger partial charge in [0.15, 0.2) is 0 Å². The van der Waals surface area contributed by atoms with E-state index in [9.17, 15) is 0 Å². The molecule has 0 spiro atoms. The van der Waals surface area contributed by atoms with Gasteiger partial charge in [-0.25, -0.2) is 0 Å². The molecule has 1 aliphatic heterocycles. The number of benzene rings is 9. The first-order valence-corrected chi connectivity index (χ1v) is 18.8. The second-order valence-electron chi connectivity index (χ2n) is 14.5. The SMILES string of the molecule is c1ccc(-c2ccc3c(c2)c2ccccc2n3-c2cccc(-c3ccc4c(c3)Oc3cccc5c3c-4cc3c5c4ccccc4n3-c3ccccc3)c2)cc1. The van der Waals surface area contributed by atoms with Gasteiger partial charge in [-0.2, -0.15) is 0 Å². The monoisotopic (exact) mass is 700 g/mol. The molecule has 3 heterocycles. The Bertz CT molecular complexity index is 3330. The van der Waals surface area contributed by atoms with E-state index in [-0.39, 0.29) is 0 Å².